The molecule has 0 saturated carbocycles. The van der Waals surface area contributed by atoms with Crippen molar-refractivity contribution in [3.8, 4) is 0 Å². The molecule has 1 aliphatic carbocycles. The smallest absolute Gasteiger partial charge is 0.0233 e. The zero-order chi connectivity index (χ0) is 6.27. The first-order valence-electron chi connectivity index (χ1n) is 3.30. The SMILES string of the molecule is [CH2]c1cccc2c1CC2. The summed E-state index contributed by atoms with van der Waals surface area (Å²) in [5, 5.41) is 0. The van der Waals surface area contributed by atoms with Crippen LogP contribution in [0.15, 0.2) is 18.2 Å². The molecule has 0 bridgehead atoms. The first-order valence-corrected chi connectivity index (χ1v) is 3.30. The number of fused-ring (bicyclic) bond motifs is 1. The van der Waals surface area contributed by atoms with E-state index in [-0.39, 0.29) is 0 Å². The average molecular weight is 117 g/mol. The summed E-state index contributed by atoms with van der Waals surface area (Å²) in [7, 11) is 0. The molecule has 0 N–H and O–H groups in total. The van der Waals surface area contributed by atoms with Crippen molar-refractivity contribution in [1.82, 2.24) is 0 Å². The Morgan fingerprint density at radius 3 is 2.56 bits per heavy atom. The van der Waals surface area contributed by atoms with Crippen molar-refractivity contribution >= 4 is 0 Å². The van der Waals surface area contributed by atoms with E-state index in [1.54, 1.807) is 0 Å². The Labute approximate surface area is 55.5 Å². The van der Waals surface area contributed by atoms with Crippen LogP contribution < -0.4 is 0 Å². The highest BCUT2D eigenvalue weighted by atomic mass is 14.2. The molecular weight excluding hydrogens is 108 g/mol. The van der Waals surface area contributed by atoms with Crippen LogP contribution >= 0.6 is 0 Å². The maximum Gasteiger partial charge on any atom is -0.0233 e. The summed E-state index contributed by atoms with van der Waals surface area (Å²) < 4.78 is 0. The lowest BCUT2D eigenvalue weighted by Gasteiger charge is -2.20. The number of aryl methyl sites for hydroxylation is 1. The van der Waals surface area contributed by atoms with E-state index in [9.17, 15) is 0 Å². The second-order valence-electron chi connectivity index (χ2n) is 2.55. The minimum atomic E-state index is 1.22. The Bertz CT molecular complexity index is 222. The summed E-state index contributed by atoms with van der Waals surface area (Å²) in [4.78, 5) is 0. The van der Waals surface area contributed by atoms with Crippen LogP contribution in [0.4, 0.5) is 0 Å². The predicted molar refractivity (Wildman–Crippen MR) is 38.3 cm³/mol. The Kier molecular flexibility index (Phi) is 0.895. The van der Waals surface area contributed by atoms with Gasteiger partial charge in [0.05, 0.1) is 0 Å². The molecule has 1 aromatic carbocycles. The lowest BCUT2D eigenvalue weighted by Crippen LogP contribution is -2.09. The summed E-state index contributed by atoms with van der Waals surface area (Å²) in [6, 6.07) is 6.35. The molecule has 0 aromatic heterocycles. The van der Waals surface area contributed by atoms with Crippen LogP contribution in [0.25, 0.3) is 0 Å². The number of benzene rings is 1. The van der Waals surface area contributed by atoms with E-state index in [4.69, 9.17) is 0 Å². The zero-order valence-electron chi connectivity index (χ0n) is 5.35. The van der Waals surface area contributed by atoms with Gasteiger partial charge in [0.15, 0.2) is 0 Å². The van der Waals surface area contributed by atoms with E-state index in [1.165, 1.54) is 29.5 Å². The molecule has 0 fully saturated rings. The van der Waals surface area contributed by atoms with E-state index in [0.717, 1.165) is 0 Å². The first kappa shape index (κ1) is 5.04. The predicted octanol–water partition coefficient (Wildman–Crippen LogP) is 1.97. The van der Waals surface area contributed by atoms with Gasteiger partial charge in [-0.05, 0) is 36.5 Å². The van der Waals surface area contributed by atoms with E-state index in [0.29, 0.717) is 0 Å². The van der Waals surface area contributed by atoms with Crippen molar-refractivity contribution in [2.24, 2.45) is 0 Å². The maximum absolute atomic E-state index is 3.93. The van der Waals surface area contributed by atoms with Crippen LogP contribution in [0.1, 0.15) is 16.7 Å². The van der Waals surface area contributed by atoms with Gasteiger partial charge in [0.2, 0.25) is 0 Å². The minimum absolute atomic E-state index is 1.22. The van der Waals surface area contributed by atoms with Crippen molar-refractivity contribution in [1.29, 1.82) is 0 Å². The molecule has 1 radical (unpaired) electrons. The van der Waals surface area contributed by atoms with Crippen molar-refractivity contribution in [3.05, 3.63) is 41.8 Å². The van der Waals surface area contributed by atoms with Gasteiger partial charge in [-0.25, -0.2) is 0 Å². The number of rotatable bonds is 0. The van der Waals surface area contributed by atoms with Gasteiger partial charge in [-0.15, -0.1) is 0 Å². The van der Waals surface area contributed by atoms with Crippen molar-refractivity contribution in [2.75, 3.05) is 0 Å². The van der Waals surface area contributed by atoms with E-state index < -0.39 is 0 Å². The third-order valence-corrected chi connectivity index (χ3v) is 2.01. The van der Waals surface area contributed by atoms with Gasteiger partial charge in [-0.1, -0.05) is 18.2 Å². The molecule has 1 aliphatic rings. The standard InChI is InChI=1S/C9H9/c1-7-3-2-4-8-5-6-9(7)8/h2-4H,1,5-6H2. The van der Waals surface area contributed by atoms with Crippen LogP contribution in [-0.4, -0.2) is 0 Å². The molecule has 0 nitrogen and oxygen atoms in total. The molecule has 1 aromatic rings. The third kappa shape index (κ3) is 0.593. The lowest BCUT2D eigenvalue weighted by atomic mass is 9.85. The minimum Gasteiger partial charge on any atom is -0.0617 e. The normalized spacial score (nSPS) is 14.3. The Morgan fingerprint density at radius 2 is 2.11 bits per heavy atom. The van der Waals surface area contributed by atoms with Crippen LogP contribution in [0, 0.1) is 6.92 Å². The van der Waals surface area contributed by atoms with E-state index in [1.807, 2.05) is 0 Å². The third-order valence-electron chi connectivity index (χ3n) is 2.01. The first-order chi connectivity index (χ1) is 4.38. The van der Waals surface area contributed by atoms with Gasteiger partial charge in [0, 0.05) is 0 Å². The summed E-state index contributed by atoms with van der Waals surface area (Å²) in [6.07, 6.45) is 2.51. The van der Waals surface area contributed by atoms with Gasteiger partial charge >= 0.3 is 0 Å². The topological polar surface area (TPSA) is 0 Å². The monoisotopic (exact) mass is 117 g/mol. The highest BCUT2D eigenvalue weighted by Gasteiger charge is 2.12. The number of hydrogen-bond donors (Lipinski definition) is 0. The Balaban J connectivity index is 2.64. The van der Waals surface area contributed by atoms with Gasteiger partial charge in [0.1, 0.15) is 0 Å². The molecule has 0 saturated heterocycles. The Morgan fingerprint density at radius 1 is 1.22 bits per heavy atom. The molecule has 0 amide bonds. The fourth-order valence-corrected chi connectivity index (χ4v) is 1.33. The summed E-state index contributed by atoms with van der Waals surface area (Å²) in [6.45, 7) is 3.93. The molecule has 0 heterocycles. The van der Waals surface area contributed by atoms with E-state index in [2.05, 4.69) is 25.1 Å². The van der Waals surface area contributed by atoms with Gasteiger partial charge in [0.25, 0.3) is 0 Å². The fourth-order valence-electron chi connectivity index (χ4n) is 1.33. The van der Waals surface area contributed by atoms with Crippen molar-refractivity contribution in [2.45, 2.75) is 12.8 Å². The van der Waals surface area contributed by atoms with Crippen LogP contribution in [-0.2, 0) is 12.8 Å². The van der Waals surface area contributed by atoms with Crippen LogP contribution in [0.2, 0.25) is 0 Å². The number of hydrogen-bond acceptors (Lipinski definition) is 0. The second-order valence-corrected chi connectivity index (χ2v) is 2.55. The van der Waals surface area contributed by atoms with Gasteiger partial charge in [-0.3, -0.25) is 0 Å². The van der Waals surface area contributed by atoms with Gasteiger partial charge in [-0.2, -0.15) is 0 Å². The quantitative estimate of drug-likeness (QED) is 0.487. The summed E-state index contributed by atoms with van der Waals surface area (Å²) in [5.74, 6) is 0. The molecule has 0 heteroatoms. The highest BCUT2D eigenvalue weighted by Crippen LogP contribution is 2.24. The molecule has 2 rings (SSSR count). The second kappa shape index (κ2) is 1.60. The molecule has 45 valence electrons. The summed E-state index contributed by atoms with van der Waals surface area (Å²) in [5.41, 5.74) is 4.21. The highest BCUT2D eigenvalue weighted by molar-refractivity contribution is 5.43. The van der Waals surface area contributed by atoms with E-state index >= 15 is 0 Å². The largest absolute Gasteiger partial charge is 0.0617 e. The summed E-state index contributed by atoms with van der Waals surface area (Å²) >= 11 is 0. The van der Waals surface area contributed by atoms with Crippen LogP contribution in [0.3, 0.4) is 0 Å². The molecule has 0 spiro atoms. The molecule has 0 aliphatic heterocycles. The molecule has 0 atom stereocenters. The van der Waals surface area contributed by atoms with Crippen molar-refractivity contribution < 1.29 is 0 Å². The van der Waals surface area contributed by atoms with Gasteiger partial charge < -0.3 is 0 Å². The molecular formula is C9H9. The van der Waals surface area contributed by atoms with Crippen molar-refractivity contribution in [3.63, 3.8) is 0 Å². The molecule has 0 unspecified atom stereocenters. The zero-order valence-corrected chi connectivity index (χ0v) is 5.35. The lowest BCUT2D eigenvalue weighted by molar-refractivity contribution is 0.833. The maximum atomic E-state index is 3.93. The molecule has 9 heavy (non-hydrogen) atoms. The fraction of sp³-hybridized carbons (Fsp3) is 0.222. The average Bonchev–Trinajstić information content (AvgIpc) is 1.74. The van der Waals surface area contributed by atoms with Crippen LogP contribution in [0.5, 0.6) is 0 Å². The Hall–Kier alpha value is -0.780.